The molecule has 2 aromatic carbocycles. The van der Waals surface area contributed by atoms with Crippen molar-refractivity contribution in [1.29, 1.82) is 0 Å². The maximum absolute atomic E-state index is 6.22. The molecule has 0 heterocycles. The van der Waals surface area contributed by atoms with Gasteiger partial charge in [0.2, 0.25) is 0 Å². The van der Waals surface area contributed by atoms with Crippen LogP contribution >= 0.6 is 23.2 Å². The van der Waals surface area contributed by atoms with E-state index < -0.39 is 0 Å². The number of hydrogen-bond donors (Lipinski definition) is 1. The van der Waals surface area contributed by atoms with E-state index in [1.54, 1.807) is 6.07 Å². The monoisotopic (exact) mass is 323 g/mol. The molecule has 1 atom stereocenters. The van der Waals surface area contributed by atoms with Crippen molar-refractivity contribution in [3.63, 3.8) is 0 Å². The van der Waals surface area contributed by atoms with Crippen LogP contribution in [0.1, 0.15) is 12.0 Å². The van der Waals surface area contributed by atoms with Crippen LogP contribution in [-0.2, 0) is 6.42 Å². The molecule has 0 aliphatic heterocycles. The number of hydrogen-bond acceptors (Lipinski definition) is 2. The third-order valence-electron chi connectivity index (χ3n) is 3.37. The van der Waals surface area contributed by atoms with Crippen LogP contribution < -0.4 is 10.1 Å². The van der Waals surface area contributed by atoms with E-state index in [-0.39, 0.29) is 0 Å². The molecule has 4 heteroatoms. The van der Waals surface area contributed by atoms with Crippen LogP contribution in [0.15, 0.2) is 48.5 Å². The minimum Gasteiger partial charge on any atom is -0.494 e. The fourth-order valence-electron chi connectivity index (χ4n) is 2.14. The summed E-state index contributed by atoms with van der Waals surface area (Å²) >= 11 is 12.1. The van der Waals surface area contributed by atoms with E-state index in [0.717, 1.165) is 24.2 Å². The molecule has 1 unspecified atom stereocenters. The van der Waals surface area contributed by atoms with Crippen LogP contribution in [0.4, 0.5) is 0 Å². The first-order valence-corrected chi connectivity index (χ1v) is 7.73. The average Bonchev–Trinajstić information content (AvgIpc) is 2.49. The van der Waals surface area contributed by atoms with Gasteiger partial charge in [0.15, 0.2) is 0 Å². The Labute approximate surface area is 136 Å². The number of benzene rings is 2. The van der Waals surface area contributed by atoms with Crippen molar-refractivity contribution in [2.75, 3.05) is 13.7 Å². The van der Waals surface area contributed by atoms with Crippen LogP contribution in [-0.4, -0.2) is 19.7 Å². The van der Waals surface area contributed by atoms with Crippen molar-refractivity contribution in [3.8, 4) is 5.75 Å². The first-order valence-electron chi connectivity index (χ1n) is 6.98. The summed E-state index contributed by atoms with van der Waals surface area (Å²) in [5.74, 6) is 0.900. The second-order valence-corrected chi connectivity index (χ2v) is 5.72. The highest BCUT2D eigenvalue weighted by Crippen LogP contribution is 2.22. The van der Waals surface area contributed by atoms with E-state index in [2.05, 4.69) is 5.32 Å². The van der Waals surface area contributed by atoms with Gasteiger partial charge in [-0.15, -0.1) is 0 Å². The van der Waals surface area contributed by atoms with E-state index in [9.17, 15) is 0 Å². The van der Waals surface area contributed by atoms with E-state index >= 15 is 0 Å². The molecule has 0 bridgehead atoms. The summed E-state index contributed by atoms with van der Waals surface area (Å²) in [6, 6.07) is 15.8. The molecule has 0 fully saturated rings. The second kappa shape index (κ2) is 8.28. The summed E-state index contributed by atoms with van der Waals surface area (Å²) in [5, 5.41) is 4.69. The van der Waals surface area contributed by atoms with Crippen molar-refractivity contribution in [2.45, 2.75) is 18.9 Å². The normalized spacial score (nSPS) is 12.1. The van der Waals surface area contributed by atoms with Crippen molar-refractivity contribution in [2.24, 2.45) is 0 Å². The zero-order valence-electron chi connectivity index (χ0n) is 12.0. The summed E-state index contributed by atoms with van der Waals surface area (Å²) in [7, 11) is 1.96. The summed E-state index contributed by atoms with van der Waals surface area (Å²) < 4.78 is 5.73. The Bertz CT molecular complexity index is 560. The van der Waals surface area contributed by atoms with E-state index in [4.69, 9.17) is 27.9 Å². The number of rotatable bonds is 7. The summed E-state index contributed by atoms with van der Waals surface area (Å²) in [4.78, 5) is 0. The molecule has 1 N–H and O–H groups in total. The molecule has 0 radical (unpaired) electrons. The van der Waals surface area contributed by atoms with Crippen LogP contribution in [0.25, 0.3) is 0 Å². The molecule has 2 rings (SSSR count). The van der Waals surface area contributed by atoms with Gasteiger partial charge < -0.3 is 10.1 Å². The molecule has 112 valence electrons. The van der Waals surface area contributed by atoms with E-state index in [0.29, 0.717) is 22.7 Å². The third kappa shape index (κ3) is 5.24. The van der Waals surface area contributed by atoms with Gasteiger partial charge in [-0.1, -0.05) is 47.5 Å². The van der Waals surface area contributed by atoms with Crippen molar-refractivity contribution >= 4 is 23.2 Å². The second-order valence-electron chi connectivity index (χ2n) is 4.88. The maximum Gasteiger partial charge on any atom is 0.119 e. The van der Waals surface area contributed by atoms with Crippen LogP contribution in [0.2, 0.25) is 10.0 Å². The Morgan fingerprint density at radius 2 is 1.86 bits per heavy atom. The fraction of sp³-hybridized carbons (Fsp3) is 0.294. The predicted molar refractivity (Wildman–Crippen MR) is 89.6 cm³/mol. The van der Waals surface area contributed by atoms with E-state index in [1.807, 2.05) is 49.5 Å². The van der Waals surface area contributed by atoms with Crippen LogP contribution in [0.5, 0.6) is 5.75 Å². The molecule has 0 saturated carbocycles. The van der Waals surface area contributed by atoms with Gasteiger partial charge in [0.05, 0.1) is 6.61 Å². The van der Waals surface area contributed by atoms with Gasteiger partial charge in [-0.25, -0.2) is 0 Å². The number of halogens is 2. The van der Waals surface area contributed by atoms with Gasteiger partial charge in [-0.3, -0.25) is 0 Å². The van der Waals surface area contributed by atoms with Crippen LogP contribution in [0.3, 0.4) is 0 Å². The topological polar surface area (TPSA) is 21.3 Å². The van der Waals surface area contributed by atoms with E-state index in [1.165, 1.54) is 0 Å². The quantitative estimate of drug-likeness (QED) is 0.804. The molecule has 0 saturated heterocycles. The molecule has 2 aromatic rings. The standard InChI is InChI=1S/C17H19Cl2NO/c1-20-15(9-10-21-16-5-3-2-4-6-16)11-13-7-8-14(18)12-17(13)19/h2-8,12,15,20H,9-11H2,1H3. The molecule has 0 amide bonds. The summed E-state index contributed by atoms with van der Waals surface area (Å²) in [6.07, 6.45) is 1.76. The lowest BCUT2D eigenvalue weighted by Gasteiger charge is -2.17. The highest BCUT2D eigenvalue weighted by molar-refractivity contribution is 6.35. The molecule has 0 aliphatic rings. The number of para-hydroxylation sites is 1. The largest absolute Gasteiger partial charge is 0.494 e. The Balaban J connectivity index is 1.85. The lowest BCUT2D eigenvalue weighted by molar-refractivity contribution is 0.288. The van der Waals surface area contributed by atoms with Gasteiger partial charge in [0.1, 0.15) is 5.75 Å². The SMILES string of the molecule is CNC(CCOc1ccccc1)Cc1ccc(Cl)cc1Cl. The summed E-state index contributed by atoms with van der Waals surface area (Å²) in [6.45, 7) is 0.667. The smallest absolute Gasteiger partial charge is 0.119 e. The van der Waals surface area contributed by atoms with Crippen molar-refractivity contribution in [3.05, 3.63) is 64.1 Å². The van der Waals surface area contributed by atoms with Gasteiger partial charge in [0, 0.05) is 16.1 Å². The minimum atomic E-state index is 0.312. The first-order chi connectivity index (χ1) is 10.2. The predicted octanol–water partition coefficient (Wildman–Crippen LogP) is 4.59. The molecule has 2 nitrogen and oxygen atoms in total. The Morgan fingerprint density at radius 1 is 1.10 bits per heavy atom. The maximum atomic E-state index is 6.22. The number of nitrogens with one attached hydrogen (secondary N) is 1. The Morgan fingerprint density at radius 3 is 2.52 bits per heavy atom. The lowest BCUT2D eigenvalue weighted by Crippen LogP contribution is -2.29. The Kier molecular flexibility index (Phi) is 6.37. The lowest BCUT2D eigenvalue weighted by atomic mass is 10.0. The Hall–Kier alpha value is -1.22. The highest BCUT2D eigenvalue weighted by Gasteiger charge is 2.10. The molecule has 0 spiro atoms. The van der Waals surface area contributed by atoms with Crippen molar-refractivity contribution < 1.29 is 4.74 Å². The van der Waals surface area contributed by atoms with Gasteiger partial charge in [0.25, 0.3) is 0 Å². The fourth-order valence-corrected chi connectivity index (χ4v) is 2.62. The summed E-state index contributed by atoms with van der Waals surface area (Å²) in [5.41, 5.74) is 1.10. The molecule has 0 aromatic heterocycles. The zero-order valence-corrected chi connectivity index (χ0v) is 13.5. The van der Waals surface area contributed by atoms with Gasteiger partial charge in [-0.2, -0.15) is 0 Å². The zero-order chi connectivity index (χ0) is 15.1. The average molecular weight is 324 g/mol. The number of ether oxygens (including phenoxy) is 1. The minimum absolute atomic E-state index is 0.312. The third-order valence-corrected chi connectivity index (χ3v) is 3.95. The number of likely N-dealkylation sites (N-methyl/N-ethyl adjacent to an activating group) is 1. The first kappa shape index (κ1) is 16.2. The molecule has 0 aliphatic carbocycles. The van der Waals surface area contributed by atoms with Crippen LogP contribution in [0, 0.1) is 0 Å². The van der Waals surface area contributed by atoms with Gasteiger partial charge in [-0.05, 0) is 49.7 Å². The molecular weight excluding hydrogens is 305 g/mol. The van der Waals surface area contributed by atoms with Gasteiger partial charge >= 0.3 is 0 Å². The molecule has 21 heavy (non-hydrogen) atoms. The molecular formula is C17H19Cl2NO. The highest BCUT2D eigenvalue weighted by atomic mass is 35.5. The van der Waals surface area contributed by atoms with Crippen molar-refractivity contribution in [1.82, 2.24) is 5.32 Å².